The molecule has 11 heavy (non-hydrogen) atoms. The quantitative estimate of drug-likeness (QED) is 0.333. The van der Waals surface area contributed by atoms with Gasteiger partial charge in [-0.15, -0.1) is 0 Å². The Labute approximate surface area is 92.4 Å². The number of hydrogen-bond donors (Lipinski definition) is 0. The monoisotopic (exact) mass is 184 g/mol. The number of Topliss-reactive ketones (excluding diaryl/α,β-unsaturated/α-hetero) is 1. The minimum absolute atomic E-state index is 0. The van der Waals surface area contributed by atoms with Gasteiger partial charge in [-0.25, -0.2) is 0 Å². The van der Waals surface area contributed by atoms with Crippen LogP contribution in [-0.4, -0.2) is 55.5 Å². The second-order valence-electron chi connectivity index (χ2n) is 1.58. The summed E-state index contributed by atoms with van der Waals surface area (Å²) in [6.07, 6.45) is -1.14. The predicted octanol–water partition coefficient (Wildman–Crippen LogP) is -3.55. The Morgan fingerprint density at radius 1 is 1.00 bits per heavy atom. The van der Waals surface area contributed by atoms with Crippen molar-refractivity contribution in [3.05, 3.63) is 0 Å². The number of carboxylic acid groups (broad SMARTS) is 2. The largest absolute Gasteiger partial charge is 2.00 e. The van der Waals surface area contributed by atoms with Crippen molar-refractivity contribution in [1.29, 1.82) is 0 Å². The van der Waals surface area contributed by atoms with E-state index in [0.717, 1.165) is 0 Å². The topological polar surface area (TPSA) is 97.3 Å². The standard InChI is InChI=1S/C5H6O5.Ca/c6-3(5(9)10)1-2-4(7)8;/h1-2H2,(H,7,8)(H,9,10);/q;+2/p-2. The maximum Gasteiger partial charge on any atom is 2.00 e. The van der Waals surface area contributed by atoms with Gasteiger partial charge >= 0.3 is 37.7 Å². The first-order valence-corrected chi connectivity index (χ1v) is 2.48. The number of carbonyl (C=O) groups excluding carboxylic acids is 3. The molecule has 0 saturated heterocycles. The molecule has 0 unspecified atom stereocenters. The first-order valence-electron chi connectivity index (χ1n) is 2.48. The van der Waals surface area contributed by atoms with Crippen LogP contribution in [0.2, 0.25) is 0 Å². The Balaban J connectivity index is 0. The summed E-state index contributed by atoms with van der Waals surface area (Å²) in [6.45, 7) is 0. The summed E-state index contributed by atoms with van der Waals surface area (Å²) in [5, 5.41) is 19.3. The first-order chi connectivity index (χ1) is 4.54. The minimum atomic E-state index is -1.86. The molecule has 0 aliphatic carbocycles. The van der Waals surface area contributed by atoms with Gasteiger partial charge in [0, 0.05) is 12.4 Å². The fourth-order valence-electron chi connectivity index (χ4n) is 0.318. The second-order valence-corrected chi connectivity index (χ2v) is 1.58. The zero-order valence-electron chi connectivity index (χ0n) is 5.66. The Hall–Kier alpha value is -0.130. The number of ketones is 1. The Bertz CT molecular complexity index is 176. The smallest absolute Gasteiger partial charge is 0.550 e. The molecular weight excluding hydrogens is 180 g/mol. The third kappa shape index (κ3) is 7.77. The van der Waals surface area contributed by atoms with E-state index in [1.54, 1.807) is 0 Å². The van der Waals surface area contributed by atoms with Gasteiger partial charge in [-0.1, -0.05) is 0 Å². The maximum atomic E-state index is 10.1. The van der Waals surface area contributed by atoms with E-state index in [0.29, 0.717) is 0 Å². The summed E-state index contributed by atoms with van der Waals surface area (Å²) in [5.74, 6) is -4.53. The molecule has 0 aromatic rings. The Morgan fingerprint density at radius 2 is 1.45 bits per heavy atom. The molecule has 0 aromatic carbocycles. The van der Waals surface area contributed by atoms with Crippen molar-refractivity contribution in [3.8, 4) is 0 Å². The molecule has 5 nitrogen and oxygen atoms in total. The van der Waals surface area contributed by atoms with Crippen LogP contribution in [0.4, 0.5) is 0 Å². The molecule has 0 heterocycles. The van der Waals surface area contributed by atoms with E-state index in [-0.39, 0.29) is 37.7 Å². The van der Waals surface area contributed by atoms with Crippen LogP contribution in [0.1, 0.15) is 12.8 Å². The number of aliphatic carboxylic acids is 2. The van der Waals surface area contributed by atoms with E-state index in [4.69, 9.17) is 0 Å². The van der Waals surface area contributed by atoms with Crippen LogP contribution in [0.5, 0.6) is 0 Å². The summed E-state index contributed by atoms with van der Waals surface area (Å²) in [6, 6.07) is 0. The molecule has 0 aromatic heterocycles. The van der Waals surface area contributed by atoms with E-state index in [1.165, 1.54) is 0 Å². The molecule has 0 N–H and O–H groups in total. The third-order valence-corrected chi connectivity index (χ3v) is 0.784. The number of hydrogen-bond acceptors (Lipinski definition) is 5. The Kier molecular flexibility index (Phi) is 8.04. The predicted molar refractivity (Wildman–Crippen MR) is 30.0 cm³/mol. The minimum Gasteiger partial charge on any atom is -0.550 e. The van der Waals surface area contributed by atoms with Gasteiger partial charge in [0.15, 0.2) is 5.78 Å². The summed E-state index contributed by atoms with van der Waals surface area (Å²) in [4.78, 5) is 29.4. The second kappa shape index (κ2) is 6.57. The number of carbonyl (C=O) groups is 3. The van der Waals surface area contributed by atoms with Gasteiger partial charge in [0.05, 0.1) is 0 Å². The van der Waals surface area contributed by atoms with Crippen LogP contribution in [0, 0.1) is 0 Å². The van der Waals surface area contributed by atoms with E-state index < -0.39 is 30.6 Å². The van der Waals surface area contributed by atoms with E-state index in [9.17, 15) is 24.6 Å². The van der Waals surface area contributed by atoms with Crippen LogP contribution in [0.3, 0.4) is 0 Å². The molecule has 0 aliphatic rings. The fourth-order valence-corrected chi connectivity index (χ4v) is 0.318. The van der Waals surface area contributed by atoms with E-state index in [2.05, 4.69) is 0 Å². The number of carboxylic acids is 2. The van der Waals surface area contributed by atoms with Gasteiger partial charge in [-0.3, -0.25) is 4.79 Å². The summed E-state index contributed by atoms with van der Waals surface area (Å²) in [5.41, 5.74) is 0. The van der Waals surface area contributed by atoms with Gasteiger partial charge in [-0.2, -0.15) is 0 Å². The average molecular weight is 184 g/mol. The van der Waals surface area contributed by atoms with Crippen LogP contribution < -0.4 is 10.2 Å². The molecule has 0 saturated carbocycles. The average Bonchev–Trinajstić information content (AvgIpc) is 1.82. The van der Waals surface area contributed by atoms with Gasteiger partial charge in [0.2, 0.25) is 0 Å². The molecule has 0 aliphatic heterocycles. The molecule has 0 atom stereocenters. The molecule has 0 bridgehead atoms. The van der Waals surface area contributed by atoms with Crippen LogP contribution in [0.15, 0.2) is 0 Å². The van der Waals surface area contributed by atoms with Crippen molar-refractivity contribution < 1.29 is 24.6 Å². The van der Waals surface area contributed by atoms with Crippen LogP contribution in [0.25, 0.3) is 0 Å². The normalized spacial score (nSPS) is 8.00. The van der Waals surface area contributed by atoms with Crippen molar-refractivity contribution in [3.63, 3.8) is 0 Å². The zero-order chi connectivity index (χ0) is 8.15. The molecule has 0 amide bonds. The zero-order valence-corrected chi connectivity index (χ0v) is 7.87. The van der Waals surface area contributed by atoms with Gasteiger partial charge in [0.25, 0.3) is 0 Å². The molecular formula is C5H4CaO5. The summed E-state index contributed by atoms with van der Waals surface area (Å²) in [7, 11) is 0. The van der Waals surface area contributed by atoms with Crippen LogP contribution >= 0.6 is 0 Å². The van der Waals surface area contributed by atoms with Crippen molar-refractivity contribution in [2.75, 3.05) is 0 Å². The van der Waals surface area contributed by atoms with E-state index >= 15 is 0 Å². The van der Waals surface area contributed by atoms with Gasteiger partial charge in [0.1, 0.15) is 5.97 Å². The Morgan fingerprint density at radius 3 is 1.73 bits per heavy atom. The van der Waals surface area contributed by atoms with Crippen LogP contribution in [-0.2, 0) is 14.4 Å². The summed E-state index contributed by atoms with van der Waals surface area (Å²) < 4.78 is 0. The molecule has 56 valence electrons. The van der Waals surface area contributed by atoms with Crippen molar-refractivity contribution in [2.45, 2.75) is 12.8 Å². The van der Waals surface area contributed by atoms with Gasteiger partial charge in [-0.05, 0) is 6.42 Å². The number of rotatable bonds is 4. The van der Waals surface area contributed by atoms with Crippen molar-refractivity contribution >= 4 is 55.5 Å². The maximum absolute atomic E-state index is 10.1. The molecule has 6 heteroatoms. The van der Waals surface area contributed by atoms with Crippen molar-refractivity contribution in [1.82, 2.24) is 0 Å². The molecule has 0 spiro atoms. The van der Waals surface area contributed by atoms with E-state index in [1.807, 2.05) is 0 Å². The first kappa shape index (κ1) is 13.5. The molecule has 0 rings (SSSR count). The fraction of sp³-hybridized carbons (Fsp3) is 0.400. The van der Waals surface area contributed by atoms with Crippen molar-refractivity contribution in [2.24, 2.45) is 0 Å². The summed E-state index contributed by atoms with van der Waals surface area (Å²) >= 11 is 0. The SMILES string of the molecule is O=C([O-])CCC(=O)C(=O)[O-].[Ca+2]. The third-order valence-electron chi connectivity index (χ3n) is 0.784. The molecule has 0 radical (unpaired) electrons. The van der Waals surface area contributed by atoms with Gasteiger partial charge < -0.3 is 19.8 Å². The molecule has 0 fully saturated rings.